The van der Waals surface area contributed by atoms with Gasteiger partial charge in [-0.1, -0.05) is 32.9 Å². The second-order valence-electron chi connectivity index (χ2n) is 10.5. The number of rotatable bonds is 6. The molecule has 4 N–H and O–H groups in total. The van der Waals surface area contributed by atoms with Crippen LogP contribution in [0.5, 0.6) is 0 Å². The average Bonchev–Trinajstić information content (AvgIpc) is 3.61. The van der Waals surface area contributed by atoms with E-state index in [1.54, 1.807) is 29.9 Å². The van der Waals surface area contributed by atoms with Crippen LogP contribution < -0.4 is 5.32 Å². The highest BCUT2D eigenvalue weighted by atomic mass is 32.1. The highest BCUT2D eigenvalue weighted by molar-refractivity contribution is 7.08. The van der Waals surface area contributed by atoms with E-state index < -0.39 is 6.23 Å². The van der Waals surface area contributed by atoms with E-state index >= 15 is 0 Å². The average molecular weight is 509 g/mol. The number of H-pyrrole nitrogens is 2. The Morgan fingerprint density at radius 3 is 2.70 bits per heavy atom. The first-order chi connectivity index (χ1) is 17.8. The van der Waals surface area contributed by atoms with Gasteiger partial charge in [0.05, 0.1) is 35.0 Å². The molecule has 1 atom stereocenters. The van der Waals surface area contributed by atoms with Crippen LogP contribution in [0.15, 0.2) is 71.8 Å². The number of fused-ring (bicyclic) bond motifs is 2. The first-order valence-corrected chi connectivity index (χ1v) is 13.2. The third-order valence-corrected chi connectivity index (χ3v) is 7.05. The Morgan fingerprint density at radius 1 is 1.00 bits per heavy atom. The maximum Gasteiger partial charge on any atom is 0.125 e. The summed E-state index contributed by atoms with van der Waals surface area (Å²) in [7, 11) is 0. The van der Waals surface area contributed by atoms with Crippen LogP contribution in [0, 0.1) is 5.41 Å². The molecule has 0 fully saturated rings. The number of aromatic nitrogens is 5. The van der Waals surface area contributed by atoms with E-state index in [0.717, 1.165) is 50.1 Å². The molecule has 0 radical (unpaired) electrons. The lowest BCUT2D eigenvalue weighted by Gasteiger charge is -2.23. The zero-order valence-electron chi connectivity index (χ0n) is 20.9. The molecule has 0 aliphatic rings. The minimum absolute atomic E-state index is 0.00875. The van der Waals surface area contributed by atoms with Gasteiger partial charge >= 0.3 is 0 Å². The molecule has 0 amide bonds. The number of thiophene rings is 1. The van der Waals surface area contributed by atoms with Gasteiger partial charge < -0.3 is 15.4 Å². The molecule has 0 bridgehead atoms. The zero-order valence-corrected chi connectivity index (χ0v) is 21.7. The molecule has 186 valence electrons. The maximum absolute atomic E-state index is 10.4. The number of nitrogens with one attached hydrogen (secondary N) is 3. The molecule has 0 saturated heterocycles. The summed E-state index contributed by atoms with van der Waals surface area (Å²) >= 11 is 1.70. The van der Waals surface area contributed by atoms with Crippen LogP contribution in [0.3, 0.4) is 0 Å². The first-order valence-electron chi connectivity index (χ1n) is 12.2. The number of hydrogen-bond donors (Lipinski definition) is 4. The molecule has 8 heteroatoms. The molecule has 1 aromatic carbocycles. The lowest BCUT2D eigenvalue weighted by atomic mass is 9.91. The predicted molar refractivity (Wildman–Crippen MR) is 151 cm³/mol. The number of benzene rings is 1. The molecule has 6 rings (SSSR count). The molecule has 0 saturated carbocycles. The van der Waals surface area contributed by atoms with Crippen LogP contribution >= 0.6 is 11.3 Å². The van der Waals surface area contributed by atoms with E-state index in [2.05, 4.69) is 92.3 Å². The molecule has 0 aliphatic heterocycles. The summed E-state index contributed by atoms with van der Waals surface area (Å²) < 4.78 is 0. The van der Waals surface area contributed by atoms with Crippen molar-refractivity contribution in [2.75, 3.05) is 5.32 Å². The van der Waals surface area contributed by atoms with E-state index in [4.69, 9.17) is 0 Å². The van der Waals surface area contributed by atoms with Crippen LogP contribution in [-0.2, 0) is 0 Å². The van der Waals surface area contributed by atoms with E-state index in [1.165, 1.54) is 11.1 Å². The number of hydrogen-bond acceptors (Lipinski definition) is 6. The van der Waals surface area contributed by atoms with E-state index in [0.29, 0.717) is 6.42 Å². The topological polar surface area (TPSA) is 103 Å². The minimum Gasteiger partial charge on any atom is -0.374 e. The van der Waals surface area contributed by atoms with Gasteiger partial charge in [0.15, 0.2) is 0 Å². The number of aromatic amines is 2. The number of pyridine rings is 2. The van der Waals surface area contributed by atoms with Crippen molar-refractivity contribution < 1.29 is 5.11 Å². The van der Waals surface area contributed by atoms with Gasteiger partial charge in [-0.2, -0.15) is 16.4 Å². The fourth-order valence-corrected chi connectivity index (χ4v) is 5.37. The van der Waals surface area contributed by atoms with Gasteiger partial charge in [-0.25, -0.2) is 0 Å². The number of aliphatic hydroxyl groups excluding tert-OH is 1. The van der Waals surface area contributed by atoms with Crippen molar-refractivity contribution in [3.8, 4) is 33.8 Å². The van der Waals surface area contributed by atoms with Gasteiger partial charge in [-0.05, 0) is 64.1 Å². The molecular weight excluding hydrogens is 480 g/mol. The standard InChI is InChI=1S/C29H28N6OS/c1-29(2,3)12-27(36)32-19-9-18(13-30-14-19)24-11-22-26(15-31-24)34-35-28(22)25-10-21-20(17-7-8-37-16-17)5-4-6-23(21)33-25/h4-11,13-16,27,32-33,36H,12H2,1-3H3,(H,34,35). The summed E-state index contributed by atoms with van der Waals surface area (Å²) in [4.78, 5) is 12.6. The molecule has 0 aliphatic carbocycles. The molecule has 7 nitrogen and oxygen atoms in total. The lowest BCUT2D eigenvalue weighted by Crippen LogP contribution is -2.25. The van der Waals surface area contributed by atoms with Gasteiger partial charge in [0.1, 0.15) is 11.9 Å². The summed E-state index contributed by atoms with van der Waals surface area (Å²) in [6.45, 7) is 6.30. The van der Waals surface area contributed by atoms with Crippen molar-refractivity contribution >= 4 is 38.8 Å². The molecule has 5 heterocycles. The highest BCUT2D eigenvalue weighted by Crippen LogP contribution is 2.35. The van der Waals surface area contributed by atoms with Crippen LogP contribution in [0.4, 0.5) is 5.69 Å². The Balaban J connectivity index is 1.36. The molecule has 37 heavy (non-hydrogen) atoms. The molecule has 6 aromatic rings. The van der Waals surface area contributed by atoms with Crippen molar-refractivity contribution in [2.24, 2.45) is 5.41 Å². The van der Waals surface area contributed by atoms with E-state index in [1.807, 2.05) is 12.1 Å². The van der Waals surface area contributed by atoms with Crippen LogP contribution in [-0.4, -0.2) is 36.5 Å². The van der Waals surface area contributed by atoms with Crippen molar-refractivity contribution in [3.63, 3.8) is 0 Å². The normalized spacial score (nSPS) is 12.9. The second kappa shape index (κ2) is 9.14. The largest absolute Gasteiger partial charge is 0.374 e. The van der Waals surface area contributed by atoms with E-state index in [-0.39, 0.29) is 5.41 Å². The maximum atomic E-state index is 10.4. The van der Waals surface area contributed by atoms with Gasteiger partial charge in [0.25, 0.3) is 0 Å². The third kappa shape index (κ3) is 4.73. The third-order valence-electron chi connectivity index (χ3n) is 6.37. The Kier molecular flexibility index (Phi) is 5.78. The van der Waals surface area contributed by atoms with Crippen LogP contribution in [0.1, 0.15) is 27.2 Å². The predicted octanol–water partition coefficient (Wildman–Crippen LogP) is 7.06. The van der Waals surface area contributed by atoms with Crippen molar-refractivity contribution in [2.45, 2.75) is 33.4 Å². The first kappa shape index (κ1) is 23.4. The molecule has 0 spiro atoms. The number of nitrogens with zero attached hydrogens (tertiary/aromatic N) is 3. The molecule has 1 unspecified atom stereocenters. The Bertz CT molecular complexity index is 1690. The zero-order chi connectivity index (χ0) is 25.6. The number of anilines is 1. The lowest BCUT2D eigenvalue weighted by molar-refractivity contribution is 0.145. The van der Waals surface area contributed by atoms with Crippen molar-refractivity contribution in [1.29, 1.82) is 0 Å². The number of aliphatic hydroxyl groups is 1. The summed E-state index contributed by atoms with van der Waals surface area (Å²) in [6, 6.07) is 14.6. The van der Waals surface area contributed by atoms with Gasteiger partial charge in [0.2, 0.25) is 0 Å². The summed E-state index contributed by atoms with van der Waals surface area (Å²) in [5.41, 5.74) is 8.54. The fourth-order valence-electron chi connectivity index (χ4n) is 4.71. The van der Waals surface area contributed by atoms with Crippen molar-refractivity contribution in [3.05, 3.63) is 71.8 Å². The van der Waals surface area contributed by atoms with Crippen LogP contribution in [0.2, 0.25) is 0 Å². The summed E-state index contributed by atoms with van der Waals surface area (Å²) in [5, 5.41) is 27.7. The minimum atomic E-state index is -0.658. The van der Waals surface area contributed by atoms with Crippen LogP contribution in [0.25, 0.3) is 55.6 Å². The smallest absolute Gasteiger partial charge is 0.125 e. The SMILES string of the molecule is CC(C)(C)CC(O)Nc1cncc(-c2cc3c(-c4cc5c(-c6ccsc6)cccc5[nH]4)n[nH]c3cn2)c1. The fraction of sp³-hybridized carbons (Fsp3) is 0.207. The van der Waals surface area contributed by atoms with Crippen molar-refractivity contribution in [1.82, 2.24) is 25.1 Å². The van der Waals surface area contributed by atoms with Gasteiger partial charge in [-0.3, -0.25) is 15.1 Å². The summed E-state index contributed by atoms with van der Waals surface area (Å²) in [5.74, 6) is 0. The monoisotopic (exact) mass is 508 g/mol. The second-order valence-corrected chi connectivity index (χ2v) is 11.3. The molecular formula is C29H28N6OS. The Hall–Kier alpha value is -4.01. The Morgan fingerprint density at radius 2 is 1.89 bits per heavy atom. The van der Waals surface area contributed by atoms with Gasteiger partial charge in [-0.15, -0.1) is 0 Å². The summed E-state index contributed by atoms with van der Waals surface area (Å²) in [6.07, 6.45) is 5.26. The van der Waals surface area contributed by atoms with E-state index in [9.17, 15) is 5.11 Å². The Labute approximate surface area is 218 Å². The van der Waals surface area contributed by atoms with Gasteiger partial charge in [0, 0.05) is 28.0 Å². The quantitative estimate of drug-likeness (QED) is 0.180. The molecule has 5 aromatic heterocycles. The highest BCUT2D eigenvalue weighted by Gasteiger charge is 2.18.